The monoisotopic (exact) mass is 472 g/mol. The zero-order chi connectivity index (χ0) is 20.0. The van der Waals surface area contributed by atoms with Crippen LogP contribution in [-0.4, -0.2) is 36.4 Å². The number of hydrogen-bond acceptors (Lipinski definition) is 3. The van der Waals surface area contributed by atoms with Crippen LogP contribution in [0.25, 0.3) is 0 Å². The van der Waals surface area contributed by atoms with Crippen molar-refractivity contribution >= 4 is 56.6 Å². The van der Waals surface area contributed by atoms with Crippen molar-refractivity contribution in [2.45, 2.75) is 13.8 Å². The topological polar surface area (TPSA) is 58.6 Å². The van der Waals surface area contributed by atoms with E-state index in [1.165, 1.54) is 6.07 Å². The lowest BCUT2D eigenvalue weighted by Crippen LogP contribution is -2.30. The van der Waals surface area contributed by atoms with Crippen molar-refractivity contribution in [3.05, 3.63) is 56.5 Å². The summed E-state index contributed by atoms with van der Waals surface area (Å²) < 4.78 is 6.04. The highest BCUT2D eigenvalue weighted by Crippen LogP contribution is 2.36. The molecule has 0 radical (unpaired) electrons. The first-order valence-electron chi connectivity index (χ1n) is 8.32. The maximum absolute atomic E-state index is 12.4. The summed E-state index contributed by atoms with van der Waals surface area (Å²) in [5.74, 6) is -0.119. The number of nitrogens with one attached hydrogen (secondary N) is 1. The Morgan fingerprint density at radius 3 is 2.48 bits per heavy atom. The minimum atomic E-state index is -0.375. The van der Waals surface area contributed by atoms with E-state index in [0.717, 1.165) is 0 Å². The Labute approximate surface area is 176 Å². The molecule has 2 amide bonds. The zero-order valence-corrected chi connectivity index (χ0v) is 18.0. The predicted molar refractivity (Wildman–Crippen MR) is 112 cm³/mol. The third-order valence-corrected chi connectivity index (χ3v) is 4.84. The Kier molecular flexibility index (Phi) is 7.95. The summed E-state index contributed by atoms with van der Waals surface area (Å²) in [7, 11) is 0. The van der Waals surface area contributed by atoms with Crippen LogP contribution < -0.4 is 10.1 Å². The largest absolute Gasteiger partial charge is 0.481 e. The maximum Gasteiger partial charge on any atom is 0.262 e. The van der Waals surface area contributed by atoms with Crippen LogP contribution in [0.15, 0.2) is 40.9 Å². The Morgan fingerprint density at radius 1 is 1.15 bits per heavy atom. The number of rotatable bonds is 7. The first-order chi connectivity index (χ1) is 12.8. The van der Waals surface area contributed by atoms with Gasteiger partial charge >= 0.3 is 0 Å². The number of ether oxygens (including phenoxy) is 1. The van der Waals surface area contributed by atoms with Gasteiger partial charge in [-0.3, -0.25) is 9.59 Å². The van der Waals surface area contributed by atoms with Gasteiger partial charge < -0.3 is 15.0 Å². The van der Waals surface area contributed by atoms with Crippen molar-refractivity contribution < 1.29 is 14.3 Å². The molecule has 144 valence electrons. The number of anilines is 1. The van der Waals surface area contributed by atoms with Crippen LogP contribution >= 0.6 is 39.1 Å². The lowest BCUT2D eigenvalue weighted by molar-refractivity contribution is -0.118. The molecule has 2 rings (SSSR count). The summed E-state index contributed by atoms with van der Waals surface area (Å²) in [4.78, 5) is 26.3. The van der Waals surface area contributed by atoms with Gasteiger partial charge in [0.2, 0.25) is 0 Å². The number of hydrogen-bond donors (Lipinski definition) is 1. The van der Waals surface area contributed by atoms with Crippen molar-refractivity contribution in [2.24, 2.45) is 0 Å². The van der Waals surface area contributed by atoms with Gasteiger partial charge in [-0.05, 0) is 60.1 Å². The van der Waals surface area contributed by atoms with Crippen molar-refractivity contribution in [1.82, 2.24) is 4.90 Å². The lowest BCUT2D eigenvalue weighted by Gasteiger charge is -2.19. The first-order valence-corrected chi connectivity index (χ1v) is 9.87. The van der Waals surface area contributed by atoms with Crippen molar-refractivity contribution in [2.75, 3.05) is 25.0 Å². The smallest absolute Gasteiger partial charge is 0.262 e. The van der Waals surface area contributed by atoms with E-state index in [4.69, 9.17) is 27.9 Å². The van der Waals surface area contributed by atoms with Crippen LogP contribution in [0.5, 0.6) is 5.75 Å². The molecule has 0 aliphatic rings. The molecule has 2 aromatic carbocycles. The minimum Gasteiger partial charge on any atom is -0.481 e. The molecule has 8 heteroatoms. The Bertz CT molecular complexity index is 818. The highest BCUT2D eigenvalue weighted by Gasteiger charge is 2.14. The molecule has 0 unspecified atom stereocenters. The van der Waals surface area contributed by atoms with Gasteiger partial charge in [-0.1, -0.05) is 29.3 Å². The third-order valence-electron chi connectivity index (χ3n) is 3.75. The molecule has 0 aliphatic heterocycles. The Morgan fingerprint density at radius 2 is 1.85 bits per heavy atom. The molecule has 5 nitrogen and oxygen atoms in total. The van der Waals surface area contributed by atoms with Gasteiger partial charge in [-0.15, -0.1) is 0 Å². The van der Waals surface area contributed by atoms with Crippen LogP contribution in [0.1, 0.15) is 24.2 Å². The number of benzene rings is 2. The quantitative estimate of drug-likeness (QED) is 0.596. The molecule has 0 fully saturated rings. The summed E-state index contributed by atoms with van der Waals surface area (Å²) in [6, 6.07) is 9.95. The van der Waals surface area contributed by atoms with Crippen molar-refractivity contribution in [3.63, 3.8) is 0 Å². The van der Waals surface area contributed by atoms with Crippen LogP contribution in [0.3, 0.4) is 0 Å². The molecule has 0 bridgehead atoms. The molecule has 0 spiro atoms. The summed E-state index contributed by atoms with van der Waals surface area (Å²) in [5, 5.41) is 3.47. The summed E-state index contributed by atoms with van der Waals surface area (Å²) in [6.45, 7) is 4.84. The van der Waals surface area contributed by atoms with E-state index >= 15 is 0 Å². The number of carbonyl (C=O) groups excluding carboxylic acids is 2. The van der Waals surface area contributed by atoms with E-state index in [2.05, 4.69) is 21.2 Å². The van der Waals surface area contributed by atoms with Crippen molar-refractivity contribution in [3.8, 4) is 5.75 Å². The molecule has 0 atom stereocenters. The summed E-state index contributed by atoms with van der Waals surface area (Å²) in [6.07, 6.45) is 0. The maximum atomic E-state index is 12.4. The van der Waals surface area contributed by atoms with Gasteiger partial charge in [-0.25, -0.2) is 0 Å². The van der Waals surface area contributed by atoms with E-state index in [1.54, 1.807) is 35.2 Å². The predicted octanol–water partition coefficient (Wildman–Crippen LogP) is 5.26. The molecule has 0 heterocycles. The molecule has 0 saturated carbocycles. The van der Waals surface area contributed by atoms with Crippen LogP contribution in [0.2, 0.25) is 10.0 Å². The standard InChI is InChI=1S/C19H19BrCl2N2O3/c1-3-24(4-2)19(26)12-6-5-7-14(8-12)23-17(25)11-27-18-15(20)9-13(21)10-16(18)22/h5-10H,3-4,11H2,1-2H3,(H,23,25). The van der Waals surface area contributed by atoms with Crippen molar-refractivity contribution in [1.29, 1.82) is 0 Å². The average Bonchev–Trinajstić information content (AvgIpc) is 2.62. The average molecular weight is 474 g/mol. The number of halogens is 3. The number of carbonyl (C=O) groups is 2. The lowest BCUT2D eigenvalue weighted by atomic mass is 10.1. The van der Waals surface area contributed by atoms with Crippen LogP contribution in [-0.2, 0) is 4.79 Å². The Hall–Kier alpha value is -1.76. The highest BCUT2D eigenvalue weighted by molar-refractivity contribution is 9.10. The minimum absolute atomic E-state index is 0.0794. The fourth-order valence-corrected chi connectivity index (χ4v) is 3.79. The fourth-order valence-electron chi connectivity index (χ4n) is 2.43. The van der Waals surface area contributed by atoms with Gasteiger partial charge in [0.05, 0.1) is 9.50 Å². The second-order valence-corrected chi connectivity index (χ2v) is 7.29. The number of nitrogens with zero attached hydrogens (tertiary/aromatic N) is 1. The molecule has 2 aromatic rings. The van der Waals surface area contributed by atoms with E-state index in [1.807, 2.05) is 13.8 Å². The molecule has 1 N–H and O–H groups in total. The molecule has 0 saturated heterocycles. The Balaban J connectivity index is 2.02. The van der Waals surface area contributed by atoms with E-state index < -0.39 is 0 Å². The van der Waals surface area contributed by atoms with Gasteiger partial charge in [-0.2, -0.15) is 0 Å². The SMILES string of the molecule is CCN(CC)C(=O)c1cccc(NC(=O)COc2c(Cl)cc(Cl)cc2Br)c1. The third kappa shape index (κ3) is 5.86. The zero-order valence-electron chi connectivity index (χ0n) is 14.9. The van der Waals surface area contributed by atoms with Gasteiger partial charge in [0.25, 0.3) is 11.8 Å². The fraction of sp³-hybridized carbons (Fsp3) is 0.263. The first kappa shape index (κ1) is 21.5. The summed E-state index contributed by atoms with van der Waals surface area (Å²) in [5.41, 5.74) is 1.03. The van der Waals surface area contributed by atoms with E-state index in [-0.39, 0.29) is 18.4 Å². The summed E-state index contributed by atoms with van der Waals surface area (Å²) >= 11 is 15.3. The molecule has 27 heavy (non-hydrogen) atoms. The van der Waals surface area contributed by atoms with Gasteiger partial charge in [0, 0.05) is 29.4 Å². The van der Waals surface area contributed by atoms with Gasteiger partial charge in [0.1, 0.15) is 0 Å². The van der Waals surface area contributed by atoms with Crippen LogP contribution in [0, 0.1) is 0 Å². The highest BCUT2D eigenvalue weighted by atomic mass is 79.9. The molecule has 0 aliphatic carbocycles. The molecule has 0 aromatic heterocycles. The second kappa shape index (κ2) is 9.97. The molecular weight excluding hydrogens is 455 g/mol. The normalized spacial score (nSPS) is 10.4. The van der Waals surface area contributed by atoms with E-state index in [9.17, 15) is 9.59 Å². The molecular formula is C19H19BrCl2N2O3. The van der Waals surface area contributed by atoms with Gasteiger partial charge in [0.15, 0.2) is 12.4 Å². The second-order valence-electron chi connectivity index (χ2n) is 5.59. The number of amides is 2. The van der Waals surface area contributed by atoms with Crippen LogP contribution in [0.4, 0.5) is 5.69 Å². The van der Waals surface area contributed by atoms with E-state index in [0.29, 0.717) is 44.6 Å².